The minimum Gasteiger partial charge on any atom is -0.452 e. The lowest BCUT2D eigenvalue weighted by Crippen LogP contribution is -2.51. The molecule has 1 saturated heterocycles. The van der Waals surface area contributed by atoms with Crippen LogP contribution in [0.5, 0.6) is 0 Å². The molecule has 1 aromatic heterocycles. The zero-order valence-electron chi connectivity index (χ0n) is 13.1. The predicted molar refractivity (Wildman–Crippen MR) is 82.3 cm³/mol. The fourth-order valence-electron chi connectivity index (χ4n) is 2.16. The molecule has 1 amide bonds. The number of carbonyl (C=O) groups excluding carboxylic acids is 2. The maximum Gasteiger partial charge on any atom is 0.340 e. The number of nitrogens with zero attached hydrogens (tertiary/aromatic N) is 3. The van der Waals surface area contributed by atoms with Crippen molar-refractivity contribution in [2.45, 2.75) is 6.92 Å². The van der Waals surface area contributed by atoms with Crippen LogP contribution in [0, 0.1) is 6.92 Å². The molecule has 0 unspecified atom stereocenters. The summed E-state index contributed by atoms with van der Waals surface area (Å²) < 4.78 is 29.1. The molecule has 8 nitrogen and oxygen atoms in total. The first-order valence-corrected chi connectivity index (χ1v) is 8.95. The van der Waals surface area contributed by atoms with Crippen LogP contribution in [0.3, 0.4) is 0 Å². The van der Waals surface area contributed by atoms with Gasteiger partial charge in [-0.25, -0.2) is 13.2 Å². The van der Waals surface area contributed by atoms with Crippen molar-refractivity contribution in [3.63, 3.8) is 0 Å². The van der Waals surface area contributed by atoms with E-state index in [1.54, 1.807) is 19.1 Å². The molecule has 0 N–H and O–H groups in total. The van der Waals surface area contributed by atoms with Gasteiger partial charge in [-0.15, -0.1) is 0 Å². The standard InChI is InChI=1S/C14H19N3O5S/c1-11-3-4-12(9-15-11)14(19)22-10-13(18)16-5-7-17(8-6-16)23(2,20)21/h3-4,9H,5-8,10H2,1-2H3. The number of pyridine rings is 1. The van der Waals surface area contributed by atoms with Gasteiger partial charge in [-0.1, -0.05) is 0 Å². The summed E-state index contributed by atoms with van der Waals surface area (Å²) in [6.45, 7) is 2.51. The molecular weight excluding hydrogens is 322 g/mol. The Morgan fingerprint density at radius 2 is 1.87 bits per heavy atom. The van der Waals surface area contributed by atoms with E-state index in [1.807, 2.05) is 0 Å². The normalized spacial score (nSPS) is 16.2. The van der Waals surface area contributed by atoms with Crippen LogP contribution in [0.1, 0.15) is 16.1 Å². The molecule has 1 aliphatic heterocycles. The first-order chi connectivity index (χ1) is 10.8. The second-order valence-corrected chi connectivity index (χ2v) is 7.29. The molecule has 9 heteroatoms. The van der Waals surface area contributed by atoms with E-state index in [4.69, 9.17) is 4.74 Å². The molecule has 0 radical (unpaired) electrons. The third kappa shape index (κ3) is 4.73. The number of carbonyl (C=O) groups is 2. The van der Waals surface area contributed by atoms with Crippen LogP contribution in [-0.4, -0.2) is 73.5 Å². The Hall–Kier alpha value is -2.00. The zero-order valence-corrected chi connectivity index (χ0v) is 13.9. The topological polar surface area (TPSA) is 96.9 Å². The van der Waals surface area contributed by atoms with E-state index in [9.17, 15) is 18.0 Å². The highest BCUT2D eigenvalue weighted by Crippen LogP contribution is 2.07. The average Bonchev–Trinajstić information content (AvgIpc) is 2.52. The highest BCUT2D eigenvalue weighted by molar-refractivity contribution is 7.88. The van der Waals surface area contributed by atoms with Gasteiger partial charge in [0.1, 0.15) is 0 Å². The van der Waals surface area contributed by atoms with Gasteiger partial charge >= 0.3 is 5.97 Å². The Bertz CT molecular complexity index is 679. The van der Waals surface area contributed by atoms with E-state index < -0.39 is 16.0 Å². The summed E-state index contributed by atoms with van der Waals surface area (Å²) in [5, 5.41) is 0. The van der Waals surface area contributed by atoms with Crippen molar-refractivity contribution >= 4 is 21.9 Å². The van der Waals surface area contributed by atoms with Crippen LogP contribution in [0.15, 0.2) is 18.3 Å². The Morgan fingerprint density at radius 1 is 1.22 bits per heavy atom. The highest BCUT2D eigenvalue weighted by atomic mass is 32.2. The first kappa shape index (κ1) is 17.4. The molecule has 1 aliphatic rings. The SMILES string of the molecule is Cc1ccc(C(=O)OCC(=O)N2CCN(S(C)(=O)=O)CC2)cn1. The number of amides is 1. The van der Waals surface area contributed by atoms with Crippen LogP contribution in [-0.2, 0) is 19.6 Å². The molecule has 0 aliphatic carbocycles. The van der Waals surface area contributed by atoms with Crippen LogP contribution in [0.2, 0.25) is 0 Å². The molecule has 1 aromatic rings. The van der Waals surface area contributed by atoms with Crippen molar-refractivity contribution in [2.24, 2.45) is 0 Å². The summed E-state index contributed by atoms with van der Waals surface area (Å²) >= 11 is 0. The van der Waals surface area contributed by atoms with E-state index in [1.165, 1.54) is 15.4 Å². The monoisotopic (exact) mass is 341 g/mol. The van der Waals surface area contributed by atoms with E-state index in [0.29, 0.717) is 0 Å². The van der Waals surface area contributed by atoms with Gasteiger partial charge in [-0.3, -0.25) is 9.78 Å². The number of aryl methyl sites for hydroxylation is 1. The lowest BCUT2D eigenvalue weighted by Gasteiger charge is -2.33. The Labute approximate surface area is 135 Å². The second-order valence-electron chi connectivity index (χ2n) is 5.31. The first-order valence-electron chi connectivity index (χ1n) is 7.10. The second kappa shape index (κ2) is 7.05. The summed E-state index contributed by atoms with van der Waals surface area (Å²) in [5.74, 6) is -0.952. The molecule has 0 bridgehead atoms. The molecule has 1 fully saturated rings. The molecule has 0 spiro atoms. The minimum absolute atomic E-state index is 0.250. The van der Waals surface area contributed by atoms with E-state index >= 15 is 0 Å². The lowest BCUT2D eigenvalue weighted by molar-refractivity contribution is -0.135. The van der Waals surface area contributed by atoms with Crippen molar-refractivity contribution < 1.29 is 22.7 Å². The number of rotatable bonds is 4. The minimum atomic E-state index is -3.24. The number of hydrogen-bond donors (Lipinski definition) is 0. The van der Waals surface area contributed by atoms with Gasteiger partial charge in [0.2, 0.25) is 10.0 Å². The zero-order chi connectivity index (χ0) is 17.0. The largest absolute Gasteiger partial charge is 0.452 e. The van der Waals surface area contributed by atoms with Crippen molar-refractivity contribution in [2.75, 3.05) is 39.0 Å². The summed E-state index contributed by atoms with van der Waals surface area (Å²) in [4.78, 5) is 29.3. The van der Waals surface area contributed by atoms with E-state index in [-0.39, 0.29) is 44.3 Å². The molecule has 0 atom stereocenters. The summed E-state index contributed by atoms with van der Waals surface area (Å²) in [6, 6.07) is 3.27. The predicted octanol–water partition coefficient (Wildman–Crippen LogP) is -0.349. The van der Waals surface area contributed by atoms with Crippen LogP contribution in [0.25, 0.3) is 0 Å². The van der Waals surface area contributed by atoms with Gasteiger partial charge < -0.3 is 9.64 Å². The highest BCUT2D eigenvalue weighted by Gasteiger charge is 2.26. The fraction of sp³-hybridized carbons (Fsp3) is 0.500. The maximum atomic E-state index is 12.0. The molecular formula is C14H19N3O5S. The van der Waals surface area contributed by atoms with Gasteiger partial charge in [0.15, 0.2) is 6.61 Å². The third-order valence-electron chi connectivity index (χ3n) is 3.53. The maximum absolute atomic E-state index is 12.0. The summed E-state index contributed by atoms with van der Waals surface area (Å²) in [6.07, 6.45) is 2.54. The summed E-state index contributed by atoms with van der Waals surface area (Å²) in [5.41, 5.74) is 1.06. The average molecular weight is 341 g/mol. The number of aromatic nitrogens is 1. The Balaban J connectivity index is 1.82. The molecule has 2 rings (SSSR count). The Morgan fingerprint density at radius 3 is 2.39 bits per heavy atom. The van der Waals surface area contributed by atoms with Crippen LogP contribution in [0.4, 0.5) is 0 Å². The molecule has 126 valence electrons. The van der Waals surface area contributed by atoms with Gasteiger partial charge in [-0.2, -0.15) is 4.31 Å². The molecule has 0 saturated carbocycles. The lowest BCUT2D eigenvalue weighted by atomic mass is 10.2. The van der Waals surface area contributed by atoms with Crippen molar-refractivity contribution in [1.29, 1.82) is 0 Å². The van der Waals surface area contributed by atoms with Crippen LogP contribution < -0.4 is 0 Å². The van der Waals surface area contributed by atoms with Crippen molar-refractivity contribution in [3.8, 4) is 0 Å². The van der Waals surface area contributed by atoms with Crippen LogP contribution >= 0.6 is 0 Å². The number of ether oxygens (including phenoxy) is 1. The molecule has 0 aromatic carbocycles. The van der Waals surface area contributed by atoms with Gasteiger partial charge in [-0.05, 0) is 19.1 Å². The number of piperazine rings is 1. The smallest absolute Gasteiger partial charge is 0.340 e. The van der Waals surface area contributed by atoms with E-state index in [0.717, 1.165) is 11.9 Å². The van der Waals surface area contributed by atoms with Crippen molar-refractivity contribution in [1.82, 2.24) is 14.2 Å². The van der Waals surface area contributed by atoms with E-state index in [2.05, 4.69) is 4.98 Å². The Kier molecular flexibility index (Phi) is 5.32. The number of esters is 1. The number of hydrogen-bond acceptors (Lipinski definition) is 6. The summed E-state index contributed by atoms with van der Waals surface area (Å²) in [7, 11) is -3.24. The van der Waals surface area contributed by atoms with Gasteiger partial charge in [0, 0.05) is 38.1 Å². The number of sulfonamides is 1. The van der Waals surface area contributed by atoms with Gasteiger partial charge in [0.25, 0.3) is 5.91 Å². The molecule has 23 heavy (non-hydrogen) atoms. The van der Waals surface area contributed by atoms with Gasteiger partial charge in [0.05, 0.1) is 11.8 Å². The third-order valence-corrected chi connectivity index (χ3v) is 4.84. The van der Waals surface area contributed by atoms with Crippen molar-refractivity contribution in [3.05, 3.63) is 29.6 Å². The molecule has 2 heterocycles. The quantitative estimate of drug-likeness (QED) is 0.695. The fourth-order valence-corrected chi connectivity index (χ4v) is 2.99.